The molecule has 2 unspecified atom stereocenters. The number of carbonyl (C=O) groups is 1. The van der Waals surface area contributed by atoms with Gasteiger partial charge >= 0.3 is 0 Å². The van der Waals surface area contributed by atoms with Crippen molar-refractivity contribution >= 4 is 27.7 Å². The lowest BCUT2D eigenvalue weighted by molar-refractivity contribution is -0.136. The van der Waals surface area contributed by atoms with Crippen molar-refractivity contribution in [1.29, 1.82) is 0 Å². The Kier molecular flexibility index (Phi) is 5.84. The molecule has 0 aromatic heterocycles. The Hall–Kier alpha value is -0.370. The third kappa shape index (κ3) is 5.09. The first-order valence-corrected chi connectivity index (χ1v) is 8.03. The second-order valence-corrected chi connectivity index (χ2v) is 6.43. The first-order chi connectivity index (χ1) is 8.33. The van der Waals surface area contributed by atoms with Crippen molar-refractivity contribution < 1.29 is 13.2 Å². The predicted molar refractivity (Wildman–Crippen MR) is 70.3 cm³/mol. The number of piperidine rings is 1. The number of rotatable bonds is 5. The summed E-state index contributed by atoms with van der Waals surface area (Å²) >= 11 is 5.67. The molecule has 1 heterocycles. The third-order valence-corrected chi connectivity index (χ3v) is 4.09. The van der Waals surface area contributed by atoms with Gasteiger partial charge in [0, 0.05) is 31.4 Å². The van der Waals surface area contributed by atoms with E-state index in [1.54, 1.807) is 11.8 Å². The number of alkyl halides is 1. The van der Waals surface area contributed by atoms with Gasteiger partial charge < -0.3 is 4.90 Å². The Labute approximate surface area is 113 Å². The van der Waals surface area contributed by atoms with E-state index in [-0.39, 0.29) is 24.3 Å². The van der Waals surface area contributed by atoms with Gasteiger partial charge in [0.2, 0.25) is 5.91 Å². The van der Waals surface area contributed by atoms with Gasteiger partial charge in [-0.2, -0.15) is 8.42 Å². The van der Waals surface area contributed by atoms with Crippen LogP contribution in [0.25, 0.3) is 0 Å². The summed E-state index contributed by atoms with van der Waals surface area (Å²) in [6, 6.07) is 0. The highest BCUT2D eigenvalue weighted by Gasteiger charge is 2.26. The van der Waals surface area contributed by atoms with Crippen LogP contribution in [0.1, 0.15) is 19.8 Å². The Morgan fingerprint density at radius 2 is 2.28 bits per heavy atom. The number of nitrogens with one attached hydrogen (secondary N) is 1. The molecule has 2 atom stereocenters. The number of amides is 1. The van der Waals surface area contributed by atoms with Gasteiger partial charge in [-0.15, -0.1) is 11.6 Å². The molecular formula is C10H20ClN3O3S. The number of nitrogens with two attached hydrogens (primary N) is 1. The molecule has 6 nitrogen and oxygen atoms in total. The van der Waals surface area contributed by atoms with E-state index < -0.39 is 10.2 Å². The van der Waals surface area contributed by atoms with Crippen molar-refractivity contribution in [3.8, 4) is 0 Å². The Bertz CT molecular complexity index is 388. The molecule has 3 N–H and O–H groups in total. The molecule has 8 heteroatoms. The van der Waals surface area contributed by atoms with Gasteiger partial charge in [0.15, 0.2) is 0 Å². The lowest BCUT2D eigenvalue weighted by Gasteiger charge is -2.34. The Morgan fingerprint density at radius 3 is 2.83 bits per heavy atom. The molecule has 0 radical (unpaired) electrons. The van der Waals surface area contributed by atoms with Gasteiger partial charge in [0.05, 0.1) is 0 Å². The fourth-order valence-electron chi connectivity index (χ4n) is 2.04. The first-order valence-electron chi connectivity index (χ1n) is 5.95. The van der Waals surface area contributed by atoms with E-state index in [2.05, 4.69) is 4.72 Å². The normalized spacial score (nSPS) is 22.8. The maximum absolute atomic E-state index is 12.0. The molecule has 0 saturated carbocycles. The fourth-order valence-corrected chi connectivity index (χ4v) is 2.64. The van der Waals surface area contributed by atoms with E-state index in [9.17, 15) is 13.2 Å². The minimum absolute atomic E-state index is 0.0327. The van der Waals surface area contributed by atoms with Gasteiger partial charge in [-0.1, -0.05) is 6.92 Å². The largest absolute Gasteiger partial charge is 0.342 e. The molecule has 1 rings (SSSR count). The number of carbonyl (C=O) groups excluding carboxylic acids is 1. The molecule has 0 aromatic carbocycles. The SMILES string of the molecule is CC(CCl)C(=O)N1CCCC(CNS(N)(=O)=O)C1. The van der Waals surface area contributed by atoms with Crippen LogP contribution in [0, 0.1) is 11.8 Å². The van der Waals surface area contributed by atoms with Crippen molar-refractivity contribution in [2.24, 2.45) is 17.0 Å². The second kappa shape index (κ2) is 6.70. The molecule has 1 amide bonds. The molecule has 0 spiro atoms. The standard InChI is InChI=1S/C10H20ClN3O3S/c1-8(5-11)10(15)14-4-2-3-9(7-14)6-13-18(12,16)17/h8-9,13H,2-7H2,1H3,(H2,12,16,17). The molecule has 106 valence electrons. The lowest BCUT2D eigenvalue weighted by Crippen LogP contribution is -2.46. The van der Waals surface area contributed by atoms with Crippen LogP contribution in [0.5, 0.6) is 0 Å². The van der Waals surface area contributed by atoms with Crippen LogP contribution < -0.4 is 9.86 Å². The summed E-state index contributed by atoms with van der Waals surface area (Å²) in [5, 5.41) is 4.88. The molecule has 1 aliphatic heterocycles. The van der Waals surface area contributed by atoms with Crippen LogP contribution in [0.4, 0.5) is 0 Å². The molecule has 18 heavy (non-hydrogen) atoms. The van der Waals surface area contributed by atoms with Gasteiger partial charge in [-0.25, -0.2) is 9.86 Å². The van der Waals surface area contributed by atoms with Crippen LogP contribution in [-0.4, -0.2) is 44.7 Å². The first kappa shape index (κ1) is 15.7. The van der Waals surface area contributed by atoms with Gasteiger partial charge in [-0.05, 0) is 18.8 Å². The highest BCUT2D eigenvalue weighted by Crippen LogP contribution is 2.18. The lowest BCUT2D eigenvalue weighted by atomic mass is 9.97. The predicted octanol–water partition coefficient (Wildman–Crippen LogP) is -0.107. The highest BCUT2D eigenvalue weighted by atomic mass is 35.5. The van der Waals surface area contributed by atoms with Gasteiger partial charge in [-0.3, -0.25) is 4.79 Å². The third-order valence-electron chi connectivity index (χ3n) is 3.06. The minimum Gasteiger partial charge on any atom is -0.342 e. The summed E-state index contributed by atoms with van der Waals surface area (Å²) in [7, 11) is -3.66. The van der Waals surface area contributed by atoms with Crippen LogP contribution in [0.15, 0.2) is 0 Å². The van der Waals surface area contributed by atoms with Crippen molar-refractivity contribution in [3.63, 3.8) is 0 Å². The summed E-state index contributed by atoms with van der Waals surface area (Å²) in [5.74, 6) is 0.251. The average molecular weight is 298 g/mol. The van der Waals surface area contributed by atoms with E-state index in [0.29, 0.717) is 19.0 Å². The number of hydrogen-bond acceptors (Lipinski definition) is 3. The highest BCUT2D eigenvalue weighted by molar-refractivity contribution is 7.87. The number of hydrogen-bond donors (Lipinski definition) is 2. The van der Waals surface area contributed by atoms with Crippen LogP contribution in [-0.2, 0) is 15.0 Å². The van der Waals surface area contributed by atoms with E-state index in [1.807, 2.05) is 0 Å². The van der Waals surface area contributed by atoms with Gasteiger partial charge in [0.25, 0.3) is 10.2 Å². The minimum atomic E-state index is -3.66. The molecule has 1 fully saturated rings. The van der Waals surface area contributed by atoms with Crippen molar-refractivity contribution in [2.75, 3.05) is 25.5 Å². The van der Waals surface area contributed by atoms with Gasteiger partial charge in [0.1, 0.15) is 0 Å². The molecule has 0 aromatic rings. The zero-order valence-electron chi connectivity index (χ0n) is 10.4. The van der Waals surface area contributed by atoms with E-state index in [4.69, 9.17) is 16.7 Å². The fraction of sp³-hybridized carbons (Fsp3) is 0.900. The van der Waals surface area contributed by atoms with Crippen molar-refractivity contribution in [2.45, 2.75) is 19.8 Å². The number of likely N-dealkylation sites (tertiary alicyclic amines) is 1. The quantitative estimate of drug-likeness (QED) is 0.694. The van der Waals surface area contributed by atoms with Crippen molar-refractivity contribution in [3.05, 3.63) is 0 Å². The maximum Gasteiger partial charge on any atom is 0.274 e. The summed E-state index contributed by atoms with van der Waals surface area (Å²) in [5.41, 5.74) is 0. The van der Waals surface area contributed by atoms with E-state index >= 15 is 0 Å². The smallest absolute Gasteiger partial charge is 0.274 e. The average Bonchev–Trinajstić information content (AvgIpc) is 2.34. The molecular weight excluding hydrogens is 278 g/mol. The Morgan fingerprint density at radius 1 is 1.61 bits per heavy atom. The summed E-state index contributed by atoms with van der Waals surface area (Å²) in [6.07, 6.45) is 1.76. The maximum atomic E-state index is 12.0. The summed E-state index contributed by atoms with van der Waals surface area (Å²) in [4.78, 5) is 13.7. The van der Waals surface area contributed by atoms with Crippen LogP contribution >= 0.6 is 11.6 Å². The van der Waals surface area contributed by atoms with Crippen LogP contribution in [0.3, 0.4) is 0 Å². The zero-order valence-corrected chi connectivity index (χ0v) is 12.0. The molecule has 0 bridgehead atoms. The topological polar surface area (TPSA) is 92.5 Å². The number of nitrogens with zero attached hydrogens (tertiary/aromatic N) is 1. The van der Waals surface area contributed by atoms with E-state index in [0.717, 1.165) is 12.8 Å². The van der Waals surface area contributed by atoms with Crippen LogP contribution in [0.2, 0.25) is 0 Å². The molecule has 1 aliphatic rings. The number of halogens is 1. The molecule has 0 aliphatic carbocycles. The van der Waals surface area contributed by atoms with Crippen molar-refractivity contribution in [1.82, 2.24) is 9.62 Å². The summed E-state index contributed by atoms with van der Waals surface area (Å²) < 4.78 is 23.9. The van der Waals surface area contributed by atoms with E-state index in [1.165, 1.54) is 0 Å². The monoisotopic (exact) mass is 297 g/mol. The Balaban J connectivity index is 2.48. The second-order valence-electron chi connectivity index (χ2n) is 4.74. The molecule has 1 saturated heterocycles. The zero-order chi connectivity index (χ0) is 13.8. The summed E-state index contributed by atoms with van der Waals surface area (Å²) in [6.45, 7) is 3.34.